The van der Waals surface area contributed by atoms with Gasteiger partial charge >= 0.3 is 0 Å². The third kappa shape index (κ3) is 5.94. The summed E-state index contributed by atoms with van der Waals surface area (Å²) in [6.07, 6.45) is 1.10. The van der Waals surface area contributed by atoms with E-state index in [1.54, 1.807) is 66.7 Å². The zero-order chi connectivity index (χ0) is 23.3. The smallest absolute Gasteiger partial charge is 0.255 e. The Morgan fingerprint density at radius 2 is 1.56 bits per heavy atom. The second-order valence-electron chi connectivity index (χ2n) is 6.93. The number of carbonyl (C=O) groups is 1. The number of nitrogens with zero attached hydrogens (tertiary/aromatic N) is 1. The second-order valence-corrected chi connectivity index (χ2v) is 9.65. The Morgan fingerprint density at radius 3 is 2.09 bits per heavy atom. The van der Waals surface area contributed by atoms with Gasteiger partial charge in [0.15, 0.2) is 0 Å². The predicted molar refractivity (Wildman–Crippen MR) is 129 cm³/mol. The van der Waals surface area contributed by atoms with Crippen LogP contribution in [0.3, 0.4) is 0 Å². The minimum atomic E-state index is -3.64. The van der Waals surface area contributed by atoms with E-state index in [-0.39, 0.29) is 12.5 Å². The number of nitrogens with one attached hydrogen (secondary N) is 1. The fraction of sp³-hybridized carbons (Fsp3) is 0.174. The first-order valence-electron chi connectivity index (χ1n) is 9.74. The van der Waals surface area contributed by atoms with Gasteiger partial charge in [-0.1, -0.05) is 29.3 Å². The van der Waals surface area contributed by atoms with Crippen LogP contribution in [0.1, 0.15) is 22.8 Å². The summed E-state index contributed by atoms with van der Waals surface area (Å²) in [5.41, 5.74) is 1.89. The molecule has 1 amide bonds. The summed E-state index contributed by atoms with van der Waals surface area (Å²) in [6.45, 7) is 2.42. The molecule has 3 aromatic rings. The van der Waals surface area contributed by atoms with E-state index >= 15 is 0 Å². The number of benzene rings is 3. The normalized spacial score (nSPS) is 11.1. The highest BCUT2D eigenvalue weighted by atomic mass is 35.5. The number of hydrogen-bond donors (Lipinski definition) is 1. The van der Waals surface area contributed by atoms with Crippen LogP contribution in [-0.2, 0) is 16.6 Å². The molecule has 0 aliphatic rings. The molecule has 0 aromatic heterocycles. The molecule has 0 atom stereocenters. The van der Waals surface area contributed by atoms with E-state index in [0.717, 1.165) is 6.26 Å². The summed E-state index contributed by atoms with van der Waals surface area (Å²) >= 11 is 12.4. The lowest BCUT2D eigenvalue weighted by atomic mass is 10.1. The van der Waals surface area contributed by atoms with E-state index in [9.17, 15) is 13.2 Å². The molecule has 0 saturated heterocycles. The van der Waals surface area contributed by atoms with Gasteiger partial charge in [-0.15, -0.1) is 0 Å². The third-order valence-corrected chi connectivity index (χ3v) is 6.45. The minimum absolute atomic E-state index is 0.0327. The summed E-state index contributed by atoms with van der Waals surface area (Å²) in [5.74, 6) is 0.398. The molecule has 0 heterocycles. The van der Waals surface area contributed by atoms with Crippen LogP contribution in [0, 0.1) is 0 Å². The van der Waals surface area contributed by atoms with Gasteiger partial charge in [-0.25, -0.2) is 8.42 Å². The Kier molecular flexibility index (Phi) is 7.66. The first-order chi connectivity index (χ1) is 15.2. The van der Waals surface area contributed by atoms with Gasteiger partial charge < -0.3 is 10.1 Å². The quantitative estimate of drug-likeness (QED) is 0.443. The molecule has 0 aliphatic heterocycles. The van der Waals surface area contributed by atoms with Gasteiger partial charge in [-0.05, 0) is 67.6 Å². The number of rotatable bonds is 8. The Bertz CT molecular complexity index is 1180. The number of halogens is 2. The lowest BCUT2D eigenvalue weighted by Gasteiger charge is -2.23. The standard InChI is InChI=1S/C23H22Cl2N2O4S/c1-3-31-19-13-9-17(10-14-19)26-23(28)16-7-11-18(12-8-16)27(32(2,29)30)15-20-21(24)5-4-6-22(20)25/h4-14H,3,15H2,1-2H3,(H,26,28). The van der Waals surface area contributed by atoms with Gasteiger partial charge in [0.05, 0.1) is 25.1 Å². The SMILES string of the molecule is CCOc1ccc(NC(=O)c2ccc(N(Cc3c(Cl)cccc3Cl)S(C)(=O)=O)cc2)cc1. The van der Waals surface area contributed by atoms with Gasteiger partial charge in [-0.2, -0.15) is 0 Å². The zero-order valence-corrected chi connectivity index (χ0v) is 19.8. The van der Waals surface area contributed by atoms with E-state index in [4.69, 9.17) is 27.9 Å². The van der Waals surface area contributed by atoms with Crippen LogP contribution in [0.15, 0.2) is 66.7 Å². The minimum Gasteiger partial charge on any atom is -0.494 e. The molecular formula is C23H22Cl2N2O4S. The molecule has 0 saturated carbocycles. The van der Waals surface area contributed by atoms with Crippen LogP contribution in [0.5, 0.6) is 5.75 Å². The lowest BCUT2D eigenvalue weighted by molar-refractivity contribution is 0.102. The molecular weight excluding hydrogens is 471 g/mol. The van der Waals surface area contributed by atoms with E-state index < -0.39 is 10.0 Å². The summed E-state index contributed by atoms with van der Waals surface area (Å²) < 4.78 is 31.5. The molecule has 9 heteroatoms. The second kappa shape index (κ2) is 10.3. The van der Waals surface area contributed by atoms with E-state index in [1.165, 1.54) is 4.31 Å². The number of sulfonamides is 1. The van der Waals surface area contributed by atoms with Crippen molar-refractivity contribution in [2.24, 2.45) is 0 Å². The summed E-state index contributed by atoms with van der Waals surface area (Å²) in [5, 5.41) is 3.55. The van der Waals surface area contributed by atoms with Crippen LogP contribution >= 0.6 is 23.2 Å². The van der Waals surface area contributed by atoms with Gasteiger partial charge in [0.25, 0.3) is 5.91 Å². The molecule has 0 unspecified atom stereocenters. The predicted octanol–water partition coefficient (Wildman–Crippen LogP) is 5.61. The van der Waals surface area contributed by atoms with Crippen molar-refractivity contribution in [2.75, 3.05) is 22.5 Å². The molecule has 1 N–H and O–H groups in total. The van der Waals surface area contributed by atoms with Crippen molar-refractivity contribution in [3.63, 3.8) is 0 Å². The summed E-state index contributed by atoms with van der Waals surface area (Å²) in [7, 11) is -3.64. The summed E-state index contributed by atoms with van der Waals surface area (Å²) in [4.78, 5) is 12.6. The van der Waals surface area contributed by atoms with E-state index in [1.807, 2.05) is 6.92 Å². The van der Waals surface area contributed by atoms with Gasteiger partial charge in [0.1, 0.15) is 5.75 Å². The number of anilines is 2. The number of hydrogen-bond acceptors (Lipinski definition) is 4. The first-order valence-corrected chi connectivity index (χ1v) is 12.3. The van der Waals surface area contributed by atoms with Crippen molar-refractivity contribution in [2.45, 2.75) is 13.5 Å². The van der Waals surface area contributed by atoms with Gasteiger partial charge in [-0.3, -0.25) is 9.10 Å². The first kappa shape index (κ1) is 23.9. The molecule has 3 aromatic carbocycles. The molecule has 0 fully saturated rings. The number of carbonyl (C=O) groups excluding carboxylic acids is 1. The van der Waals surface area contributed by atoms with Crippen LogP contribution in [0.25, 0.3) is 0 Å². The Balaban J connectivity index is 1.79. The molecule has 168 valence electrons. The zero-order valence-electron chi connectivity index (χ0n) is 17.5. The largest absolute Gasteiger partial charge is 0.494 e. The van der Waals surface area contributed by atoms with Crippen molar-refractivity contribution in [1.82, 2.24) is 0 Å². The monoisotopic (exact) mass is 492 g/mol. The van der Waals surface area contributed by atoms with Gasteiger partial charge in [0, 0.05) is 26.9 Å². The molecule has 0 radical (unpaired) electrons. The van der Waals surface area contributed by atoms with E-state index in [2.05, 4.69) is 5.32 Å². The Labute approximate surface area is 197 Å². The Morgan fingerprint density at radius 1 is 0.969 bits per heavy atom. The highest BCUT2D eigenvalue weighted by Gasteiger charge is 2.21. The summed E-state index contributed by atoms with van der Waals surface area (Å²) in [6, 6.07) is 18.3. The van der Waals surface area contributed by atoms with Gasteiger partial charge in [0.2, 0.25) is 10.0 Å². The lowest BCUT2D eigenvalue weighted by Crippen LogP contribution is -2.29. The fourth-order valence-corrected chi connectivity index (χ4v) is 4.40. The molecule has 0 aliphatic carbocycles. The van der Waals surface area contributed by atoms with Crippen LogP contribution in [-0.4, -0.2) is 27.2 Å². The fourth-order valence-electron chi connectivity index (χ4n) is 3.01. The van der Waals surface area contributed by atoms with Crippen LogP contribution in [0.2, 0.25) is 10.0 Å². The van der Waals surface area contributed by atoms with Crippen molar-refractivity contribution >= 4 is 50.5 Å². The van der Waals surface area contributed by atoms with Crippen molar-refractivity contribution in [1.29, 1.82) is 0 Å². The van der Waals surface area contributed by atoms with E-state index in [0.29, 0.717) is 44.9 Å². The molecule has 0 bridgehead atoms. The molecule has 32 heavy (non-hydrogen) atoms. The Hall–Kier alpha value is -2.74. The number of ether oxygens (including phenoxy) is 1. The molecule has 3 rings (SSSR count). The molecule has 0 spiro atoms. The third-order valence-electron chi connectivity index (χ3n) is 4.60. The topological polar surface area (TPSA) is 75.7 Å². The highest BCUT2D eigenvalue weighted by Crippen LogP contribution is 2.29. The van der Waals surface area contributed by atoms with Crippen LogP contribution in [0.4, 0.5) is 11.4 Å². The average molecular weight is 493 g/mol. The average Bonchev–Trinajstić information content (AvgIpc) is 2.74. The van der Waals surface area contributed by atoms with Crippen LogP contribution < -0.4 is 14.4 Å². The highest BCUT2D eigenvalue weighted by molar-refractivity contribution is 7.92. The van der Waals surface area contributed by atoms with Crippen molar-refractivity contribution in [3.8, 4) is 5.75 Å². The maximum atomic E-state index is 12.6. The maximum absolute atomic E-state index is 12.6. The van der Waals surface area contributed by atoms with Crippen molar-refractivity contribution in [3.05, 3.63) is 87.9 Å². The maximum Gasteiger partial charge on any atom is 0.255 e. The number of amides is 1. The molecule has 6 nitrogen and oxygen atoms in total. The van der Waals surface area contributed by atoms with Crippen molar-refractivity contribution < 1.29 is 17.9 Å².